The number of nitrogens with one attached hydrogen (secondary N) is 2. The summed E-state index contributed by atoms with van der Waals surface area (Å²) in [5.74, 6) is 0.385. The van der Waals surface area contributed by atoms with Crippen LogP contribution in [0.3, 0.4) is 0 Å². The van der Waals surface area contributed by atoms with Gasteiger partial charge in [-0.3, -0.25) is 9.36 Å². The van der Waals surface area contributed by atoms with Crippen molar-refractivity contribution in [3.05, 3.63) is 48.2 Å². The summed E-state index contributed by atoms with van der Waals surface area (Å²) >= 11 is 0. The van der Waals surface area contributed by atoms with Crippen molar-refractivity contribution in [2.45, 2.75) is 51.6 Å². The van der Waals surface area contributed by atoms with E-state index < -0.39 is 0 Å². The minimum absolute atomic E-state index is 0.106. The Kier molecular flexibility index (Phi) is 6.18. The third-order valence-corrected chi connectivity index (χ3v) is 5.76. The van der Waals surface area contributed by atoms with Gasteiger partial charge in [0.05, 0.1) is 17.4 Å². The van der Waals surface area contributed by atoms with Crippen LogP contribution in [0.4, 0.5) is 10.1 Å². The summed E-state index contributed by atoms with van der Waals surface area (Å²) in [6.45, 7) is 4.23. The first-order valence-electron chi connectivity index (χ1n) is 10.8. The lowest BCUT2D eigenvalue weighted by molar-refractivity contribution is 0.0914. The molecule has 1 aliphatic carbocycles. The fraction of sp³-hybridized carbons (Fsp3) is 0.435. The van der Waals surface area contributed by atoms with Crippen molar-refractivity contribution in [3.8, 4) is 5.82 Å². The van der Waals surface area contributed by atoms with E-state index in [1.807, 2.05) is 19.9 Å². The quantitative estimate of drug-likeness (QED) is 0.561. The monoisotopic (exact) mass is 425 g/mol. The molecule has 0 spiro atoms. The summed E-state index contributed by atoms with van der Waals surface area (Å²) < 4.78 is 15.3. The van der Waals surface area contributed by atoms with Crippen LogP contribution in [0.2, 0.25) is 0 Å². The van der Waals surface area contributed by atoms with Gasteiger partial charge in [-0.1, -0.05) is 0 Å². The zero-order chi connectivity index (χ0) is 22.0. The highest BCUT2D eigenvalue weighted by Gasteiger charge is 2.24. The molecule has 0 unspecified atom stereocenters. The van der Waals surface area contributed by atoms with Crippen LogP contribution >= 0.6 is 0 Å². The number of pyridine rings is 2. The molecule has 1 amide bonds. The molecule has 0 aliphatic heterocycles. The number of hydrogen-bond donors (Lipinski definition) is 3. The van der Waals surface area contributed by atoms with Gasteiger partial charge >= 0.3 is 0 Å². The van der Waals surface area contributed by atoms with Crippen molar-refractivity contribution in [1.29, 1.82) is 0 Å². The predicted molar refractivity (Wildman–Crippen MR) is 118 cm³/mol. The first-order chi connectivity index (χ1) is 14.9. The van der Waals surface area contributed by atoms with Crippen LogP contribution in [-0.4, -0.2) is 44.2 Å². The van der Waals surface area contributed by atoms with Gasteiger partial charge in [-0.25, -0.2) is 14.4 Å². The standard InChI is InChI=1S/C23H28FN5O2/c1-14(2)27-20-10-21(29-8-7-16-9-17(24)11-26-22(16)29)25-12-19(20)23(31)28-18-5-3-15(13-30)4-6-18/h7-12,14-15,18,30H,3-6,13H2,1-2H3,(H,25,27)(H,28,31)/t15-,18-. The topological polar surface area (TPSA) is 92.1 Å². The number of carbonyl (C=O) groups excluding carboxylic acids is 1. The number of hydrogen-bond acceptors (Lipinski definition) is 5. The zero-order valence-corrected chi connectivity index (χ0v) is 17.8. The largest absolute Gasteiger partial charge is 0.396 e. The molecule has 0 bridgehead atoms. The Morgan fingerprint density at radius 3 is 2.71 bits per heavy atom. The van der Waals surface area contributed by atoms with Crippen molar-refractivity contribution in [3.63, 3.8) is 0 Å². The number of aromatic nitrogens is 3. The van der Waals surface area contributed by atoms with Crippen molar-refractivity contribution < 1.29 is 14.3 Å². The molecule has 1 fully saturated rings. The highest BCUT2D eigenvalue weighted by atomic mass is 19.1. The summed E-state index contributed by atoms with van der Waals surface area (Å²) in [6.07, 6.45) is 8.12. The lowest BCUT2D eigenvalue weighted by Gasteiger charge is -2.28. The number of nitrogens with zero attached hydrogens (tertiary/aromatic N) is 3. The van der Waals surface area contributed by atoms with Crippen molar-refractivity contribution in [2.24, 2.45) is 5.92 Å². The summed E-state index contributed by atoms with van der Waals surface area (Å²) in [5, 5.41) is 16.5. The molecule has 7 nitrogen and oxygen atoms in total. The van der Waals surface area contributed by atoms with Crippen molar-refractivity contribution in [2.75, 3.05) is 11.9 Å². The summed E-state index contributed by atoms with van der Waals surface area (Å²) in [6, 6.07) is 5.26. The molecule has 4 rings (SSSR count). The van der Waals surface area contributed by atoms with Gasteiger partial charge in [0, 0.05) is 42.5 Å². The molecule has 3 aromatic rings. The Morgan fingerprint density at radius 2 is 2.00 bits per heavy atom. The molecule has 3 heterocycles. The number of carbonyl (C=O) groups is 1. The van der Waals surface area contributed by atoms with Crippen LogP contribution in [0.1, 0.15) is 49.9 Å². The molecule has 0 radical (unpaired) electrons. The number of rotatable bonds is 6. The van der Waals surface area contributed by atoms with Crippen molar-refractivity contribution >= 4 is 22.6 Å². The van der Waals surface area contributed by atoms with Crippen LogP contribution < -0.4 is 10.6 Å². The van der Waals surface area contributed by atoms with Crippen LogP contribution in [0, 0.1) is 11.7 Å². The average Bonchev–Trinajstić information content (AvgIpc) is 3.16. The predicted octanol–water partition coefficient (Wildman–Crippen LogP) is 3.66. The Hall–Kier alpha value is -3.00. The van der Waals surface area contributed by atoms with Gasteiger partial charge < -0.3 is 15.7 Å². The maximum absolute atomic E-state index is 13.5. The Balaban J connectivity index is 1.60. The maximum Gasteiger partial charge on any atom is 0.255 e. The average molecular weight is 426 g/mol. The molecule has 31 heavy (non-hydrogen) atoms. The Bertz CT molecular complexity index is 1070. The van der Waals surface area contributed by atoms with Gasteiger partial charge in [-0.05, 0) is 57.6 Å². The molecule has 0 saturated heterocycles. The van der Waals surface area contributed by atoms with E-state index in [9.17, 15) is 14.3 Å². The second kappa shape index (κ2) is 9.01. The van der Waals surface area contributed by atoms with E-state index in [1.54, 1.807) is 23.0 Å². The summed E-state index contributed by atoms with van der Waals surface area (Å²) in [4.78, 5) is 21.7. The smallest absolute Gasteiger partial charge is 0.255 e. The summed E-state index contributed by atoms with van der Waals surface area (Å²) in [5.41, 5.74) is 1.77. The van der Waals surface area contributed by atoms with Gasteiger partial charge in [0.15, 0.2) is 0 Å². The fourth-order valence-corrected chi connectivity index (χ4v) is 4.12. The van der Waals surface area contributed by atoms with E-state index in [0.717, 1.165) is 25.7 Å². The molecule has 1 saturated carbocycles. The van der Waals surface area contributed by atoms with E-state index in [1.165, 1.54) is 12.3 Å². The van der Waals surface area contributed by atoms with Crippen LogP contribution in [-0.2, 0) is 0 Å². The molecular formula is C23H28FN5O2. The van der Waals surface area contributed by atoms with Crippen molar-refractivity contribution in [1.82, 2.24) is 19.9 Å². The third kappa shape index (κ3) is 4.69. The van der Waals surface area contributed by atoms with Gasteiger partial charge in [-0.2, -0.15) is 0 Å². The van der Waals surface area contributed by atoms with Gasteiger partial charge in [-0.15, -0.1) is 0 Å². The Labute approximate surface area is 180 Å². The second-order valence-electron chi connectivity index (χ2n) is 8.51. The molecule has 164 valence electrons. The third-order valence-electron chi connectivity index (χ3n) is 5.76. The highest BCUT2D eigenvalue weighted by Crippen LogP contribution is 2.26. The van der Waals surface area contributed by atoms with E-state index in [2.05, 4.69) is 20.6 Å². The Morgan fingerprint density at radius 1 is 1.23 bits per heavy atom. The molecule has 1 aliphatic rings. The SMILES string of the molecule is CC(C)Nc1cc(-n2ccc3cc(F)cnc32)ncc1C(=O)N[C@H]1CC[C@H](CO)CC1. The minimum atomic E-state index is -0.389. The van der Waals surface area contributed by atoms with Gasteiger partial charge in [0.1, 0.15) is 17.3 Å². The molecule has 0 atom stereocenters. The number of anilines is 1. The normalized spacial score (nSPS) is 19.0. The lowest BCUT2D eigenvalue weighted by atomic mass is 9.86. The number of aliphatic hydroxyl groups excluding tert-OH is 1. The van der Waals surface area contributed by atoms with Crippen LogP contribution in [0.5, 0.6) is 0 Å². The maximum atomic E-state index is 13.5. The fourth-order valence-electron chi connectivity index (χ4n) is 4.12. The summed E-state index contributed by atoms with van der Waals surface area (Å²) in [7, 11) is 0. The molecule has 3 N–H and O–H groups in total. The first-order valence-corrected chi connectivity index (χ1v) is 10.8. The minimum Gasteiger partial charge on any atom is -0.396 e. The lowest BCUT2D eigenvalue weighted by Crippen LogP contribution is -2.38. The van der Waals surface area contributed by atoms with E-state index >= 15 is 0 Å². The van der Waals surface area contributed by atoms with E-state index in [0.29, 0.717) is 34.0 Å². The number of amides is 1. The van der Waals surface area contributed by atoms with Gasteiger partial charge in [0.25, 0.3) is 5.91 Å². The number of fused-ring (bicyclic) bond motifs is 1. The van der Waals surface area contributed by atoms with E-state index in [-0.39, 0.29) is 30.4 Å². The van der Waals surface area contributed by atoms with E-state index in [4.69, 9.17) is 0 Å². The molecular weight excluding hydrogens is 397 g/mol. The van der Waals surface area contributed by atoms with Crippen LogP contribution in [0.15, 0.2) is 36.8 Å². The molecule has 8 heteroatoms. The van der Waals surface area contributed by atoms with Gasteiger partial charge in [0.2, 0.25) is 0 Å². The molecule has 3 aromatic heterocycles. The zero-order valence-electron chi connectivity index (χ0n) is 17.8. The number of halogens is 1. The first kappa shape index (κ1) is 21.2. The highest BCUT2D eigenvalue weighted by molar-refractivity contribution is 5.99. The van der Waals surface area contributed by atoms with Crippen LogP contribution in [0.25, 0.3) is 16.9 Å². The second-order valence-corrected chi connectivity index (χ2v) is 8.51. The number of aliphatic hydroxyl groups is 1. The molecule has 0 aromatic carbocycles.